The summed E-state index contributed by atoms with van der Waals surface area (Å²) in [4.78, 5) is 4.77. The second-order valence-corrected chi connectivity index (χ2v) is 6.62. The van der Waals surface area contributed by atoms with E-state index in [1.54, 1.807) is 0 Å². The number of halogens is 1. The van der Waals surface area contributed by atoms with Crippen LogP contribution < -0.4 is 4.74 Å². The number of aryl methyl sites for hydroxylation is 3. The molecule has 0 spiro atoms. The van der Waals surface area contributed by atoms with Gasteiger partial charge in [-0.15, -0.1) is 0 Å². The molecule has 0 radical (unpaired) electrons. The number of para-hydroxylation sites is 1. The third-order valence-electron chi connectivity index (χ3n) is 4.41. The molecule has 5 heteroatoms. The van der Waals surface area contributed by atoms with Crippen LogP contribution in [0.2, 0.25) is 5.02 Å². The van der Waals surface area contributed by atoms with E-state index in [9.17, 15) is 0 Å². The van der Waals surface area contributed by atoms with Gasteiger partial charge in [0, 0.05) is 13.0 Å². The molecule has 1 N–H and O–H groups in total. The van der Waals surface area contributed by atoms with Crippen molar-refractivity contribution in [2.24, 2.45) is 0 Å². The number of aliphatic hydroxyl groups excluding tert-OH is 1. The van der Waals surface area contributed by atoms with Gasteiger partial charge in [-0.05, 0) is 55.7 Å². The summed E-state index contributed by atoms with van der Waals surface area (Å²) in [5.74, 6) is 1.68. The summed E-state index contributed by atoms with van der Waals surface area (Å²) in [5.41, 5.74) is 4.58. The first kappa shape index (κ1) is 17.8. The molecule has 3 aromatic rings. The molecule has 0 aliphatic heterocycles. The first-order chi connectivity index (χ1) is 12.1. The van der Waals surface area contributed by atoms with Gasteiger partial charge in [0.05, 0.1) is 22.6 Å². The van der Waals surface area contributed by atoms with Gasteiger partial charge in [0.1, 0.15) is 18.2 Å². The molecule has 0 bridgehead atoms. The molecule has 1 heterocycles. The Morgan fingerprint density at radius 3 is 2.68 bits per heavy atom. The van der Waals surface area contributed by atoms with Gasteiger partial charge < -0.3 is 14.4 Å². The molecule has 25 heavy (non-hydrogen) atoms. The fourth-order valence-corrected chi connectivity index (χ4v) is 3.11. The molecule has 0 atom stereocenters. The van der Waals surface area contributed by atoms with E-state index in [0.717, 1.165) is 23.3 Å². The Morgan fingerprint density at radius 2 is 1.92 bits per heavy atom. The lowest BCUT2D eigenvalue weighted by Crippen LogP contribution is -2.12. The second-order valence-electron chi connectivity index (χ2n) is 6.21. The van der Waals surface area contributed by atoms with Crippen molar-refractivity contribution in [1.82, 2.24) is 9.55 Å². The summed E-state index contributed by atoms with van der Waals surface area (Å²) in [6, 6.07) is 11.8. The highest BCUT2D eigenvalue weighted by molar-refractivity contribution is 6.32. The maximum absolute atomic E-state index is 9.16. The van der Waals surface area contributed by atoms with E-state index < -0.39 is 0 Å². The van der Waals surface area contributed by atoms with Crippen LogP contribution in [0.5, 0.6) is 5.75 Å². The number of hydrogen-bond acceptors (Lipinski definition) is 3. The molecule has 0 saturated carbocycles. The Labute approximate surface area is 153 Å². The van der Waals surface area contributed by atoms with Crippen LogP contribution in [0.15, 0.2) is 36.4 Å². The number of aliphatic hydroxyl groups is 1. The molecular formula is C20H23ClN2O2. The minimum atomic E-state index is 0.164. The third kappa shape index (κ3) is 3.97. The van der Waals surface area contributed by atoms with Crippen molar-refractivity contribution in [3.8, 4) is 5.75 Å². The number of imidazole rings is 1. The summed E-state index contributed by atoms with van der Waals surface area (Å²) in [6.07, 6.45) is 1.45. The number of fused-ring (bicyclic) bond motifs is 1. The van der Waals surface area contributed by atoms with E-state index in [4.69, 9.17) is 26.4 Å². The van der Waals surface area contributed by atoms with Gasteiger partial charge in [-0.3, -0.25) is 0 Å². The zero-order valence-corrected chi connectivity index (χ0v) is 15.4. The van der Waals surface area contributed by atoms with Crippen LogP contribution in [0.3, 0.4) is 0 Å². The molecule has 2 aromatic carbocycles. The topological polar surface area (TPSA) is 47.3 Å². The third-order valence-corrected chi connectivity index (χ3v) is 4.72. The first-order valence-corrected chi connectivity index (χ1v) is 8.92. The van der Waals surface area contributed by atoms with Crippen LogP contribution in [-0.4, -0.2) is 27.9 Å². The fraction of sp³-hybridized carbons (Fsp3) is 0.350. The van der Waals surface area contributed by atoms with Gasteiger partial charge in [-0.1, -0.05) is 23.7 Å². The highest BCUT2D eigenvalue weighted by Gasteiger charge is 2.12. The van der Waals surface area contributed by atoms with Gasteiger partial charge in [0.2, 0.25) is 0 Å². The maximum Gasteiger partial charge on any atom is 0.137 e. The number of nitrogens with zero attached hydrogens (tertiary/aromatic N) is 2. The lowest BCUT2D eigenvalue weighted by atomic mass is 10.1. The predicted molar refractivity (Wildman–Crippen MR) is 102 cm³/mol. The van der Waals surface area contributed by atoms with Gasteiger partial charge in [0.25, 0.3) is 0 Å². The lowest BCUT2D eigenvalue weighted by molar-refractivity contribution is 0.283. The van der Waals surface area contributed by atoms with E-state index >= 15 is 0 Å². The summed E-state index contributed by atoms with van der Waals surface area (Å²) in [5, 5.41) is 9.78. The van der Waals surface area contributed by atoms with Crippen molar-refractivity contribution in [3.63, 3.8) is 0 Å². The van der Waals surface area contributed by atoms with Gasteiger partial charge >= 0.3 is 0 Å². The second kappa shape index (κ2) is 7.89. The van der Waals surface area contributed by atoms with Crippen molar-refractivity contribution in [3.05, 3.63) is 58.4 Å². The van der Waals surface area contributed by atoms with Crippen molar-refractivity contribution in [2.75, 3.05) is 13.2 Å². The summed E-state index contributed by atoms with van der Waals surface area (Å²) >= 11 is 6.15. The molecule has 4 nitrogen and oxygen atoms in total. The largest absolute Gasteiger partial charge is 0.490 e. The highest BCUT2D eigenvalue weighted by atomic mass is 35.5. The van der Waals surface area contributed by atoms with Gasteiger partial charge in [-0.2, -0.15) is 0 Å². The van der Waals surface area contributed by atoms with E-state index in [1.807, 2.05) is 24.3 Å². The molecule has 0 aliphatic carbocycles. The molecule has 3 rings (SSSR count). The number of benzene rings is 2. The Hall–Kier alpha value is -2.04. The first-order valence-electron chi connectivity index (χ1n) is 8.54. The number of rotatable bonds is 7. The van der Waals surface area contributed by atoms with Crippen LogP contribution in [0.1, 0.15) is 23.4 Å². The van der Waals surface area contributed by atoms with Crippen LogP contribution in [0.4, 0.5) is 0 Å². The quantitative estimate of drug-likeness (QED) is 0.684. The molecular weight excluding hydrogens is 336 g/mol. The minimum Gasteiger partial charge on any atom is -0.490 e. The number of aromatic nitrogens is 2. The lowest BCUT2D eigenvalue weighted by Gasteiger charge is -2.12. The molecule has 0 saturated heterocycles. The SMILES string of the molecule is Cc1cc2nc(CCCO)n(CCOc3ccccc3Cl)c2cc1C. The predicted octanol–water partition coefficient (Wildman–Crippen LogP) is 4.31. The molecule has 0 fully saturated rings. The summed E-state index contributed by atoms with van der Waals surface area (Å²) < 4.78 is 8.03. The number of ether oxygens (including phenoxy) is 1. The Bertz CT molecular complexity index is 874. The van der Waals surface area contributed by atoms with E-state index in [2.05, 4.69) is 30.5 Å². The molecule has 1 aromatic heterocycles. The number of hydrogen-bond donors (Lipinski definition) is 1. The average molecular weight is 359 g/mol. The molecule has 0 unspecified atom stereocenters. The highest BCUT2D eigenvalue weighted by Crippen LogP contribution is 2.24. The van der Waals surface area contributed by atoms with Crippen molar-refractivity contribution in [1.29, 1.82) is 0 Å². The normalized spacial score (nSPS) is 11.2. The zero-order chi connectivity index (χ0) is 17.8. The van der Waals surface area contributed by atoms with E-state index in [-0.39, 0.29) is 6.61 Å². The molecule has 0 aliphatic rings. The van der Waals surface area contributed by atoms with Crippen LogP contribution in [-0.2, 0) is 13.0 Å². The minimum absolute atomic E-state index is 0.164. The fourth-order valence-electron chi connectivity index (χ4n) is 2.92. The maximum atomic E-state index is 9.16. The van der Waals surface area contributed by atoms with Gasteiger partial charge in [-0.25, -0.2) is 4.98 Å². The monoisotopic (exact) mass is 358 g/mol. The summed E-state index contributed by atoms with van der Waals surface area (Å²) in [7, 11) is 0. The van der Waals surface area contributed by atoms with E-state index in [0.29, 0.717) is 30.3 Å². The van der Waals surface area contributed by atoms with E-state index in [1.165, 1.54) is 11.1 Å². The van der Waals surface area contributed by atoms with Crippen LogP contribution in [0.25, 0.3) is 11.0 Å². The zero-order valence-electron chi connectivity index (χ0n) is 14.6. The standard InChI is InChI=1S/C20H23ClN2O2/c1-14-12-17-18(13-15(14)2)23(20(22-17)8-5-10-24)9-11-25-19-7-4-3-6-16(19)21/h3-4,6-7,12-13,24H,5,8-11H2,1-2H3. The van der Waals surface area contributed by atoms with Gasteiger partial charge in [0.15, 0.2) is 0 Å². The van der Waals surface area contributed by atoms with Crippen LogP contribution in [0, 0.1) is 13.8 Å². The van der Waals surface area contributed by atoms with Crippen molar-refractivity contribution in [2.45, 2.75) is 33.2 Å². The summed E-state index contributed by atoms with van der Waals surface area (Å²) in [6.45, 7) is 5.57. The average Bonchev–Trinajstić information content (AvgIpc) is 2.92. The Kier molecular flexibility index (Phi) is 5.61. The van der Waals surface area contributed by atoms with Crippen molar-refractivity contribution < 1.29 is 9.84 Å². The van der Waals surface area contributed by atoms with Crippen LogP contribution >= 0.6 is 11.6 Å². The molecule has 132 valence electrons. The Morgan fingerprint density at radius 1 is 1.16 bits per heavy atom. The van der Waals surface area contributed by atoms with Crippen molar-refractivity contribution >= 4 is 22.6 Å². The Balaban J connectivity index is 1.85. The molecule has 0 amide bonds. The smallest absolute Gasteiger partial charge is 0.137 e.